The van der Waals surface area contributed by atoms with Crippen LogP contribution in [0.4, 0.5) is 0 Å². The van der Waals surface area contributed by atoms with E-state index in [2.05, 4.69) is 20.6 Å². The first-order chi connectivity index (χ1) is 14.8. The first kappa shape index (κ1) is 21.6. The fourth-order valence-electron chi connectivity index (χ4n) is 7.07. The smallest absolute Gasteiger partial charge is 0.0899 e. The van der Waals surface area contributed by atoms with Gasteiger partial charge in [0.2, 0.25) is 0 Å². The Balaban J connectivity index is 1.13. The highest BCUT2D eigenvalue weighted by molar-refractivity contribution is 4.98. The molecule has 3 heterocycles. The largest absolute Gasteiger partial charge is 0.393 e. The molecule has 30 heavy (non-hydrogen) atoms. The molecule has 3 aliphatic heterocycles. The van der Waals surface area contributed by atoms with Crippen molar-refractivity contribution in [1.82, 2.24) is 20.6 Å². The van der Waals surface area contributed by atoms with E-state index in [9.17, 15) is 5.11 Å². The van der Waals surface area contributed by atoms with Gasteiger partial charge in [-0.3, -0.25) is 9.74 Å². The third-order valence-electron chi connectivity index (χ3n) is 8.92. The summed E-state index contributed by atoms with van der Waals surface area (Å²) in [7, 11) is 0. The minimum absolute atomic E-state index is 0.195. The molecule has 6 nitrogen and oxygen atoms in total. The van der Waals surface area contributed by atoms with Crippen LogP contribution in [-0.2, 0) is 4.84 Å². The van der Waals surface area contributed by atoms with E-state index < -0.39 is 0 Å². The molecule has 6 heteroatoms. The predicted molar refractivity (Wildman–Crippen MR) is 119 cm³/mol. The van der Waals surface area contributed by atoms with Crippen molar-refractivity contribution in [3.05, 3.63) is 0 Å². The molecule has 6 unspecified atom stereocenters. The van der Waals surface area contributed by atoms with Crippen LogP contribution in [0.1, 0.15) is 70.6 Å². The van der Waals surface area contributed by atoms with E-state index in [1.165, 1.54) is 64.3 Å². The molecule has 0 radical (unpaired) electrons. The minimum atomic E-state index is -0.209. The molecule has 0 aromatic heterocycles. The Hall–Kier alpha value is -0.240. The van der Waals surface area contributed by atoms with Gasteiger partial charge in [0.25, 0.3) is 0 Å². The summed E-state index contributed by atoms with van der Waals surface area (Å²) >= 11 is 0. The summed E-state index contributed by atoms with van der Waals surface area (Å²) in [4.78, 5) is 11.4. The maximum atomic E-state index is 10.9. The van der Waals surface area contributed by atoms with Gasteiger partial charge in [-0.25, -0.2) is 0 Å². The van der Waals surface area contributed by atoms with E-state index in [1.54, 1.807) is 0 Å². The van der Waals surface area contributed by atoms with Gasteiger partial charge in [-0.1, -0.05) is 32.1 Å². The number of fused-ring (bicyclic) bond motifs is 1. The molecule has 5 fully saturated rings. The molecule has 2 saturated carbocycles. The summed E-state index contributed by atoms with van der Waals surface area (Å²) < 4.78 is 0. The third-order valence-corrected chi connectivity index (χ3v) is 8.92. The highest BCUT2D eigenvalue weighted by atomic mass is 16.7. The van der Waals surface area contributed by atoms with E-state index in [-0.39, 0.29) is 18.1 Å². The van der Waals surface area contributed by atoms with Gasteiger partial charge in [-0.15, -0.1) is 0 Å². The van der Waals surface area contributed by atoms with E-state index >= 15 is 0 Å². The van der Waals surface area contributed by atoms with Crippen LogP contribution < -0.4 is 10.8 Å². The average Bonchev–Trinajstić information content (AvgIpc) is 3.20. The molecule has 3 N–H and O–H groups in total. The number of nitrogens with one attached hydrogen (secondary N) is 2. The lowest BCUT2D eigenvalue weighted by atomic mass is 9.72. The highest BCUT2D eigenvalue weighted by Crippen LogP contribution is 2.41. The number of aliphatic hydroxyl groups is 1. The molecule has 5 aliphatic rings. The van der Waals surface area contributed by atoms with E-state index in [0.29, 0.717) is 18.1 Å². The molecular formula is C24H44N4O2. The number of hydrogen-bond donors (Lipinski definition) is 3. The van der Waals surface area contributed by atoms with Crippen LogP contribution in [0.15, 0.2) is 0 Å². The molecule has 3 saturated heterocycles. The van der Waals surface area contributed by atoms with Gasteiger partial charge in [-0.05, 0) is 51.0 Å². The number of hydrogen-bond acceptors (Lipinski definition) is 6. The van der Waals surface area contributed by atoms with E-state index in [1.807, 2.05) is 0 Å². The zero-order valence-electron chi connectivity index (χ0n) is 18.8. The zero-order chi connectivity index (χ0) is 20.3. The van der Waals surface area contributed by atoms with Gasteiger partial charge in [0.05, 0.1) is 18.4 Å². The summed E-state index contributed by atoms with van der Waals surface area (Å²) in [6, 6.07) is 0.502. The predicted octanol–water partition coefficient (Wildman–Crippen LogP) is 2.33. The van der Waals surface area contributed by atoms with Gasteiger partial charge in [0, 0.05) is 50.6 Å². The number of nitrogens with zero attached hydrogens (tertiary/aromatic N) is 2. The van der Waals surface area contributed by atoms with Gasteiger partial charge in [-0.2, -0.15) is 5.48 Å². The number of aliphatic hydroxyl groups excluding tert-OH is 1. The SMILES string of the molecule is OC1CCC2C(CC3CCCCC3)NOC2C1CN1CCN(C2CCCCN2)CC1. The van der Waals surface area contributed by atoms with Crippen LogP contribution in [-0.4, -0.2) is 78.6 Å². The van der Waals surface area contributed by atoms with Crippen molar-refractivity contribution in [3.63, 3.8) is 0 Å². The van der Waals surface area contributed by atoms with Crippen molar-refractivity contribution in [2.45, 2.75) is 95.0 Å². The molecule has 0 aromatic carbocycles. The Labute approximate surface area is 183 Å². The minimum Gasteiger partial charge on any atom is -0.393 e. The van der Waals surface area contributed by atoms with Gasteiger partial charge in [0.15, 0.2) is 0 Å². The van der Waals surface area contributed by atoms with Crippen LogP contribution >= 0.6 is 0 Å². The Morgan fingerprint density at radius 3 is 2.43 bits per heavy atom. The van der Waals surface area contributed by atoms with Crippen molar-refractivity contribution in [3.8, 4) is 0 Å². The third kappa shape index (κ3) is 4.89. The van der Waals surface area contributed by atoms with Gasteiger partial charge in [0.1, 0.15) is 0 Å². The second-order valence-corrected chi connectivity index (χ2v) is 10.8. The number of piperidine rings is 1. The van der Waals surface area contributed by atoms with Crippen molar-refractivity contribution in [1.29, 1.82) is 0 Å². The summed E-state index contributed by atoms with van der Waals surface area (Å²) in [6.45, 7) is 6.71. The van der Waals surface area contributed by atoms with Crippen LogP contribution in [0.25, 0.3) is 0 Å². The van der Waals surface area contributed by atoms with Gasteiger partial charge < -0.3 is 15.3 Å². The lowest BCUT2D eigenvalue weighted by Gasteiger charge is -2.44. The molecule has 0 spiro atoms. The molecule has 0 aromatic rings. The molecule has 6 atom stereocenters. The number of hydroxylamine groups is 1. The molecule has 5 rings (SSSR count). The summed E-state index contributed by atoms with van der Waals surface area (Å²) in [5, 5.41) is 14.6. The van der Waals surface area contributed by atoms with Crippen LogP contribution in [0.3, 0.4) is 0 Å². The van der Waals surface area contributed by atoms with Crippen LogP contribution in [0.2, 0.25) is 0 Å². The Kier molecular flexibility index (Phi) is 7.30. The Morgan fingerprint density at radius 2 is 1.67 bits per heavy atom. The molecule has 0 bridgehead atoms. The average molecular weight is 421 g/mol. The van der Waals surface area contributed by atoms with Crippen molar-refractivity contribution < 1.29 is 9.94 Å². The van der Waals surface area contributed by atoms with E-state index in [0.717, 1.165) is 51.5 Å². The Bertz CT molecular complexity index is 529. The van der Waals surface area contributed by atoms with Crippen molar-refractivity contribution in [2.75, 3.05) is 39.3 Å². The summed E-state index contributed by atoms with van der Waals surface area (Å²) in [5.41, 5.74) is 3.44. The fraction of sp³-hybridized carbons (Fsp3) is 1.00. The molecule has 0 amide bonds. The second-order valence-electron chi connectivity index (χ2n) is 10.8. The van der Waals surface area contributed by atoms with Crippen molar-refractivity contribution in [2.24, 2.45) is 17.8 Å². The first-order valence-corrected chi connectivity index (χ1v) is 13.1. The standard InChI is InChI=1S/C24H44N4O2/c29-22-10-9-19-21(16-18-6-2-1-3-7-18)26-30-24(19)20(22)17-27-12-14-28(15-13-27)23-8-4-5-11-25-23/h18-26,29H,1-17H2. The quantitative estimate of drug-likeness (QED) is 0.635. The van der Waals surface area contributed by atoms with Crippen LogP contribution in [0, 0.1) is 17.8 Å². The lowest BCUT2D eigenvalue weighted by molar-refractivity contribution is -0.0886. The first-order valence-electron chi connectivity index (χ1n) is 13.1. The van der Waals surface area contributed by atoms with Gasteiger partial charge >= 0.3 is 0 Å². The maximum Gasteiger partial charge on any atom is 0.0899 e. The molecular weight excluding hydrogens is 376 g/mol. The lowest BCUT2D eigenvalue weighted by Crippen LogP contribution is -2.57. The summed E-state index contributed by atoms with van der Waals surface area (Å²) in [5.74, 6) is 1.73. The normalized spacial score (nSPS) is 42.3. The topological polar surface area (TPSA) is 60.0 Å². The number of piperazine rings is 1. The maximum absolute atomic E-state index is 10.9. The van der Waals surface area contributed by atoms with Crippen molar-refractivity contribution >= 4 is 0 Å². The molecule has 2 aliphatic carbocycles. The summed E-state index contributed by atoms with van der Waals surface area (Å²) in [6.07, 6.45) is 15.0. The fourth-order valence-corrected chi connectivity index (χ4v) is 7.07. The Morgan fingerprint density at radius 1 is 0.867 bits per heavy atom. The zero-order valence-corrected chi connectivity index (χ0v) is 18.8. The van der Waals surface area contributed by atoms with E-state index in [4.69, 9.17) is 4.84 Å². The number of rotatable bonds is 5. The monoisotopic (exact) mass is 420 g/mol. The molecule has 172 valence electrons. The second kappa shape index (κ2) is 10.1. The highest BCUT2D eigenvalue weighted by Gasteiger charge is 2.48. The van der Waals surface area contributed by atoms with Crippen LogP contribution in [0.5, 0.6) is 0 Å².